The Labute approximate surface area is 89.5 Å². The molecule has 2 N–H and O–H groups in total. The van der Waals surface area contributed by atoms with Crippen LogP contribution in [0.5, 0.6) is 0 Å². The van der Waals surface area contributed by atoms with E-state index >= 15 is 0 Å². The number of benzene rings is 1. The van der Waals surface area contributed by atoms with Crippen LogP contribution in [0.3, 0.4) is 0 Å². The van der Waals surface area contributed by atoms with Gasteiger partial charge in [0.1, 0.15) is 0 Å². The van der Waals surface area contributed by atoms with Crippen molar-refractivity contribution in [2.24, 2.45) is 17.8 Å². The molecule has 0 spiro atoms. The lowest BCUT2D eigenvalue weighted by Crippen LogP contribution is -2.12. The molecule has 0 radical (unpaired) electrons. The average molecular weight is 201 g/mol. The van der Waals surface area contributed by atoms with Crippen molar-refractivity contribution >= 4 is 11.5 Å². The van der Waals surface area contributed by atoms with Crippen LogP contribution < -0.4 is 5.73 Å². The van der Waals surface area contributed by atoms with E-state index in [4.69, 9.17) is 5.73 Å². The number of carbonyl (C=O) groups excluding carboxylic acids is 1. The van der Waals surface area contributed by atoms with Crippen molar-refractivity contribution in [3.63, 3.8) is 0 Å². The van der Waals surface area contributed by atoms with Gasteiger partial charge in [0.2, 0.25) is 0 Å². The normalized spacial score (nSPS) is 32.4. The van der Waals surface area contributed by atoms with E-state index in [0.717, 1.165) is 35.9 Å². The Morgan fingerprint density at radius 2 is 1.67 bits per heavy atom. The van der Waals surface area contributed by atoms with Crippen molar-refractivity contribution < 1.29 is 4.79 Å². The van der Waals surface area contributed by atoms with Gasteiger partial charge >= 0.3 is 0 Å². The van der Waals surface area contributed by atoms with E-state index in [1.165, 1.54) is 6.42 Å². The van der Waals surface area contributed by atoms with Gasteiger partial charge < -0.3 is 5.73 Å². The van der Waals surface area contributed by atoms with Crippen molar-refractivity contribution in [1.82, 2.24) is 0 Å². The van der Waals surface area contributed by atoms with Gasteiger partial charge in [-0.1, -0.05) is 0 Å². The molecule has 2 aliphatic carbocycles. The van der Waals surface area contributed by atoms with E-state index in [1.54, 1.807) is 0 Å². The van der Waals surface area contributed by atoms with Gasteiger partial charge in [0.05, 0.1) is 0 Å². The number of rotatable bonds is 2. The molecule has 2 saturated carbocycles. The van der Waals surface area contributed by atoms with Crippen molar-refractivity contribution in [3.8, 4) is 0 Å². The number of anilines is 1. The maximum atomic E-state index is 12.1. The molecule has 0 bridgehead atoms. The monoisotopic (exact) mass is 201 g/mol. The highest BCUT2D eigenvalue weighted by atomic mass is 16.1. The molecular weight excluding hydrogens is 186 g/mol. The molecule has 78 valence electrons. The number of hydrogen-bond donors (Lipinski definition) is 1. The molecule has 0 aromatic heterocycles. The summed E-state index contributed by atoms with van der Waals surface area (Å²) in [5.41, 5.74) is 7.15. The second-order valence-corrected chi connectivity index (χ2v) is 4.91. The number of hydrogen-bond acceptors (Lipinski definition) is 2. The van der Waals surface area contributed by atoms with Crippen molar-refractivity contribution in [3.05, 3.63) is 29.8 Å². The molecule has 3 rings (SSSR count). The van der Waals surface area contributed by atoms with Crippen LogP contribution in [0, 0.1) is 17.8 Å². The molecule has 1 aromatic carbocycles. The van der Waals surface area contributed by atoms with Crippen molar-refractivity contribution in [1.29, 1.82) is 0 Å². The number of nitrogens with two attached hydrogens (primary N) is 1. The fourth-order valence-electron chi connectivity index (χ4n) is 2.81. The smallest absolute Gasteiger partial charge is 0.165 e. The molecule has 2 heteroatoms. The standard InChI is InChI=1S/C13H15NO/c14-12-3-1-8(2-4-12)13(15)11-6-9-5-10(9)7-11/h1-4,9-11H,5-7,14H2. The van der Waals surface area contributed by atoms with E-state index in [-0.39, 0.29) is 5.92 Å². The summed E-state index contributed by atoms with van der Waals surface area (Å²) in [6.07, 6.45) is 3.60. The Morgan fingerprint density at radius 3 is 2.27 bits per heavy atom. The average Bonchev–Trinajstić information content (AvgIpc) is 2.86. The first-order chi connectivity index (χ1) is 7.24. The fraction of sp³-hybridized carbons (Fsp3) is 0.462. The van der Waals surface area contributed by atoms with Crippen molar-refractivity contribution in [2.75, 3.05) is 5.73 Å². The summed E-state index contributed by atoms with van der Waals surface area (Å²) in [5.74, 6) is 2.35. The van der Waals surface area contributed by atoms with Crippen LogP contribution in [0.4, 0.5) is 5.69 Å². The zero-order chi connectivity index (χ0) is 10.4. The number of ketones is 1. The zero-order valence-electron chi connectivity index (χ0n) is 8.65. The van der Waals surface area contributed by atoms with E-state index in [2.05, 4.69) is 0 Å². The topological polar surface area (TPSA) is 43.1 Å². The molecule has 0 amide bonds. The Morgan fingerprint density at radius 1 is 1.07 bits per heavy atom. The van der Waals surface area contributed by atoms with Gasteiger partial charge in [0.15, 0.2) is 5.78 Å². The third-order valence-electron chi connectivity index (χ3n) is 3.81. The van der Waals surface area contributed by atoms with E-state index < -0.39 is 0 Å². The molecule has 2 fully saturated rings. The van der Waals surface area contributed by atoms with E-state index in [1.807, 2.05) is 24.3 Å². The third-order valence-corrected chi connectivity index (χ3v) is 3.81. The van der Waals surface area contributed by atoms with Gasteiger partial charge in [-0.15, -0.1) is 0 Å². The molecule has 0 heterocycles. The second-order valence-electron chi connectivity index (χ2n) is 4.91. The summed E-state index contributed by atoms with van der Waals surface area (Å²) in [7, 11) is 0. The molecule has 2 nitrogen and oxygen atoms in total. The number of carbonyl (C=O) groups is 1. The third kappa shape index (κ3) is 1.54. The van der Waals surface area contributed by atoms with Crippen LogP contribution in [0.15, 0.2) is 24.3 Å². The number of nitrogen functional groups attached to an aromatic ring is 1. The Bertz CT molecular complexity index is 386. The SMILES string of the molecule is Nc1ccc(C(=O)C2CC3CC3C2)cc1. The summed E-state index contributed by atoms with van der Waals surface area (Å²) in [6.45, 7) is 0. The predicted molar refractivity (Wildman–Crippen MR) is 59.5 cm³/mol. The summed E-state index contributed by atoms with van der Waals surface area (Å²) >= 11 is 0. The summed E-state index contributed by atoms with van der Waals surface area (Å²) in [5, 5.41) is 0. The van der Waals surface area contributed by atoms with Gasteiger partial charge in [0, 0.05) is 17.2 Å². The van der Waals surface area contributed by atoms with E-state index in [0.29, 0.717) is 5.78 Å². The molecule has 1 aromatic rings. The van der Waals surface area contributed by atoms with Crippen LogP contribution in [0.2, 0.25) is 0 Å². The van der Waals surface area contributed by atoms with Gasteiger partial charge in [-0.25, -0.2) is 0 Å². The fourth-order valence-corrected chi connectivity index (χ4v) is 2.81. The van der Waals surface area contributed by atoms with Crippen LogP contribution in [0.25, 0.3) is 0 Å². The zero-order valence-corrected chi connectivity index (χ0v) is 8.65. The molecule has 0 aliphatic heterocycles. The van der Waals surface area contributed by atoms with Gasteiger partial charge in [0.25, 0.3) is 0 Å². The lowest BCUT2D eigenvalue weighted by atomic mass is 9.93. The van der Waals surface area contributed by atoms with Crippen LogP contribution >= 0.6 is 0 Å². The molecular formula is C13H15NO. The van der Waals surface area contributed by atoms with Gasteiger partial charge in [-0.2, -0.15) is 0 Å². The molecule has 2 atom stereocenters. The Balaban J connectivity index is 1.76. The molecule has 2 unspecified atom stereocenters. The lowest BCUT2D eigenvalue weighted by molar-refractivity contribution is 0.0914. The predicted octanol–water partition coefficient (Wildman–Crippen LogP) is 2.50. The summed E-state index contributed by atoms with van der Waals surface area (Å²) < 4.78 is 0. The molecule has 0 saturated heterocycles. The highest BCUT2D eigenvalue weighted by Gasteiger charge is 2.47. The molecule has 15 heavy (non-hydrogen) atoms. The Kier molecular flexibility index (Phi) is 1.84. The minimum Gasteiger partial charge on any atom is -0.399 e. The molecule has 2 aliphatic rings. The summed E-state index contributed by atoms with van der Waals surface area (Å²) in [6, 6.07) is 7.31. The minimum absolute atomic E-state index is 0.289. The highest BCUT2D eigenvalue weighted by Crippen LogP contribution is 2.54. The quantitative estimate of drug-likeness (QED) is 0.590. The van der Waals surface area contributed by atoms with Crippen molar-refractivity contribution in [2.45, 2.75) is 19.3 Å². The lowest BCUT2D eigenvalue weighted by Gasteiger charge is -2.10. The van der Waals surface area contributed by atoms with Crippen LogP contribution in [0.1, 0.15) is 29.6 Å². The number of fused-ring (bicyclic) bond motifs is 1. The van der Waals surface area contributed by atoms with Crippen LogP contribution in [-0.4, -0.2) is 5.78 Å². The maximum absolute atomic E-state index is 12.1. The number of Topliss-reactive ketones (excluding diaryl/α,β-unsaturated/α-hetero) is 1. The highest BCUT2D eigenvalue weighted by molar-refractivity contribution is 5.98. The minimum atomic E-state index is 0.289. The van der Waals surface area contributed by atoms with E-state index in [9.17, 15) is 4.79 Å². The first kappa shape index (κ1) is 8.96. The first-order valence-electron chi connectivity index (χ1n) is 5.64. The maximum Gasteiger partial charge on any atom is 0.165 e. The summed E-state index contributed by atoms with van der Waals surface area (Å²) in [4.78, 5) is 12.1. The van der Waals surface area contributed by atoms with Gasteiger partial charge in [-0.3, -0.25) is 4.79 Å². The largest absolute Gasteiger partial charge is 0.399 e. The van der Waals surface area contributed by atoms with Gasteiger partial charge in [-0.05, 0) is 55.4 Å². The first-order valence-corrected chi connectivity index (χ1v) is 5.64. The van der Waals surface area contributed by atoms with Crippen LogP contribution in [-0.2, 0) is 0 Å². The Hall–Kier alpha value is -1.31. The second kappa shape index (κ2) is 3.09.